The van der Waals surface area contributed by atoms with E-state index in [1.165, 1.54) is 18.7 Å². The van der Waals surface area contributed by atoms with Crippen molar-refractivity contribution in [3.05, 3.63) is 26.4 Å². The molecule has 1 aliphatic heterocycles. The van der Waals surface area contributed by atoms with Gasteiger partial charge in [-0.15, -0.1) is 0 Å². The number of carbonyl (C=O) groups is 1. The first kappa shape index (κ1) is 18.7. The highest BCUT2D eigenvalue weighted by molar-refractivity contribution is 5.77. The Labute approximate surface area is 145 Å². The first-order valence-corrected chi connectivity index (χ1v) is 8.13. The van der Waals surface area contributed by atoms with Gasteiger partial charge in [-0.05, 0) is 13.8 Å². The van der Waals surface area contributed by atoms with Crippen LogP contribution in [0.4, 0.5) is 5.82 Å². The third-order valence-corrected chi connectivity index (χ3v) is 4.18. The van der Waals surface area contributed by atoms with Crippen molar-refractivity contribution >= 4 is 11.7 Å². The van der Waals surface area contributed by atoms with E-state index in [1.807, 2.05) is 19.9 Å². The lowest BCUT2D eigenvalue weighted by Crippen LogP contribution is -2.48. The highest BCUT2D eigenvalue weighted by Crippen LogP contribution is 2.12. The van der Waals surface area contributed by atoms with Crippen LogP contribution in [0.15, 0.2) is 9.59 Å². The number of rotatable bonds is 4. The Morgan fingerprint density at radius 2 is 1.84 bits per heavy atom. The fourth-order valence-electron chi connectivity index (χ4n) is 2.98. The number of nitrogens with zero attached hydrogens (tertiary/aromatic N) is 4. The molecule has 1 aromatic heterocycles. The van der Waals surface area contributed by atoms with Gasteiger partial charge in [-0.1, -0.05) is 0 Å². The normalized spacial score (nSPS) is 20.2. The third kappa shape index (κ3) is 3.91. The molecule has 1 aromatic rings. The Kier molecular flexibility index (Phi) is 5.64. The molecule has 0 unspecified atom stereocenters. The van der Waals surface area contributed by atoms with Crippen molar-refractivity contribution in [1.82, 2.24) is 14.0 Å². The number of hydrogen-bond acceptors (Lipinski definition) is 6. The van der Waals surface area contributed by atoms with Gasteiger partial charge in [-0.3, -0.25) is 18.7 Å². The number of morpholine rings is 1. The second kappa shape index (κ2) is 7.53. The van der Waals surface area contributed by atoms with Crippen LogP contribution in [-0.2, 0) is 23.6 Å². The van der Waals surface area contributed by atoms with Crippen molar-refractivity contribution < 1.29 is 9.53 Å². The zero-order chi connectivity index (χ0) is 18.7. The number of amides is 1. The van der Waals surface area contributed by atoms with E-state index in [9.17, 15) is 19.6 Å². The maximum atomic E-state index is 12.3. The number of ether oxygens (including phenoxy) is 1. The predicted octanol–water partition coefficient (Wildman–Crippen LogP) is -0.607. The van der Waals surface area contributed by atoms with Gasteiger partial charge in [-0.25, -0.2) is 4.79 Å². The summed E-state index contributed by atoms with van der Waals surface area (Å²) in [5.41, 5.74) is -1.34. The molecule has 9 heteroatoms. The van der Waals surface area contributed by atoms with Gasteiger partial charge in [0, 0.05) is 40.2 Å². The topological polar surface area (TPSA) is 109 Å². The number of carbonyl (C=O) groups excluding carboxylic acids is 1. The summed E-state index contributed by atoms with van der Waals surface area (Å²) < 4.78 is 7.68. The van der Waals surface area contributed by atoms with Gasteiger partial charge >= 0.3 is 5.69 Å². The molecule has 1 aliphatic rings. The van der Waals surface area contributed by atoms with E-state index in [-0.39, 0.29) is 42.5 Å². The van der Waals surface area contributed by atoms with Crippen molar-refractivity contribution in [3.8, 4) is 6.07 Å². The van der Waals surface area contributed by atoms with Gasteiger partial charge in [0.15, 0.2) is 5.56 Å². The van der Waals surface area contributed by atoms with Gasteiger partial charge in [0.25, 0.3) is 5.56 Å². The van der Waals surface area contributed by atoms with Crippen molar-refractivity contribution in [2.45, 2.75) is 32.5 Å². The molecule has 2 heterocycles. The minimum atomic E-state index is -0.657. The maximum Gasteiger partial charge on any atom is 0.332 e. The van der Waals surface area contributed by atoms with Crippen LogP contribution in [0.25, 0.3) is 0 Å². The molecule has 1 amide bonds. The van der Waals surface area contributed by atoms with Crippen LogP contribution in [0, 0.1) is 11.3 Å². The van der Waals surface area contributed by atoms with E-state index in [4.69, 9.17) is 4.74 Å². The monoisotopic (exact) mass is 349 g/mol. The van der Waals surface area contributed by atoms with E-state index in [1.54, 1.807) is 4.90 Å². The van der Waals surface area contributed by atoms with Crippen LogP contribution in [0.3, 0.4) is 0 Å². The second-order valence-corrected chi connectivity index (χ2v) is 6.27. The molecule has 2 rings (SSSR count). The zero-order valence-corrected chi connectivity index (χ0v) is 14.9. The van der Waals surface area contributed by atoms with Gasteiger partial charge in [-0.2, -0.15) is 5.26 Å². The quantitative estimate of drug-likeness (QED) is 0.777. The van der Waals surface area contributed by atoms with Gasteiger partial charge < -0.3 is 15.0 Å². The van der Waals surface area contributed by atoms with E-state index in [0.717, 1.165) is 4.57 Å². The molecule has 0 radical (unpaired) electrons. The Morgan fingerprint density at radius 3 is 2.40 bits per heavy atom. The summed E-state index contributed by atoms with van der Waals surface area (Å²) in [5, 5.41) is 12.1. The Bertz CT molecular complexity index is 810. The van der Waals surface area contributed by atoms with Crippen LogP contribution in [-0.4, -0.2) is 51.8 Å². The molecule has 0 spiro atoms. The molecule has 1 N–H and O–H groups in total. The number of anilines is 1. The van der Waals surface area contributed by atoms with Gasteiger partial charge in [0.2, 0.25) is 5.91 Å². The minimum Gasteiger partial charge on any atom is -0.372 e. The maximum absolute atomic E-state index is 12.3. The molecule has 1 fully saturated rings. The van der Waals surface area contributed by atoms with Crippen LogP contribution < -0.4 is 16.6 Å². The van der Waals surface area contributed by atoms with Crippen LogP contribution in [0.5, 0.6) is 0 Å². The zero-order valence-electron chi connectivity index (χ0n) is 14.9. The first-order chi connectivity index (χ1) is 11.8. The number of nitrogens with one attached hydrogen (secondary N) is 1. The standard InChI is InChI=1S/C16H23N5O4/c1-10-8-21(9-11(2)25-10)13(22)5-6-18-14-12(7-17)15(23)20(4)16(24)19(14)3/h10-11,18H,5-6,8-9H2,1-4H3/t10-,11-/m1/s1. The molecule has 2 atom stereocenters. The molecule has 25 heavy (non-hydrogen) atoms. The molecule has 0 aromatic carbocycles. The lowest BCUT2D eigenvalue weighted by atomic mass is 10.2. The minimum absolute atomic E-state index is 0.0104. The van der Waals surface area contributed by atoms with Gasteiger partial charge in [0.1, 0.15) is 11.9 Å². The van der Waals surface area contributed by atoms with E-state index >= 15 is 0 Å². The molecule has 0 aliphatic carbocycles. The molecular weight excluding hydrogens is 326 g/mol. The lowest BCUT2D eigenvalue weighted by Gasteiger charge is -2.35. The highest BCUT2D eigenvalue weighted by atomic mass is 16.5. The largest absolute Gasteiger partial charge is 0.372 e. The average Bonchev–Trinajstić information content (AvgIpc) is 2.56. The predicted molar refractivity (Wildman–Crippen MR) is 91.3 cm³/mol. The van der Waals surface area contributed by atoms with Crippen LogP contribution >= 0.6 is 0 Å². The smallest absolute Gasteiger partial charge is 0.332 e. The molecule has 0 bridgehead atoms. The van der Waals surface area contributed by atoms with Crippen molar-refractivity contribution in [3.63, 3.8) is 0 Å². The summed E-state index contributed by atoms with van der Waals surface area (Å²) in [6.45, 7) is 5.13. The number of hydrogen-bond donors (Lipinski definition) is 1. The summed E-state index contributed by atoms with van der Waals surface area (Å²) >= 11 is 0. The summed E-state index contributed by atoms with van der Waals surface area (Å²) in [7, 11) is 2.79. The second-order valence-electron chi connectivity index (χ2n) is 6.27. The van der Waals surface area contributed by atoms with Crippen molar-refractivity contribution in [1.29, 1.82) is 5.26 Å². The van der Waals surface area contributed by atoms with E-state index < -0.39 is 11.2 Å². The third-order valence-electron chi connectivity index (χ3n) is 4.18. The first-order valence-electron chi connectivity index (χ1n) is 8.13. The number of nitriles is 1. The molecule has 136 valence electrons. The van der Waals surface area contributed by atoms with Gasteiger partial charge in [0.05, 0.1) is 12.2 Å². The molecule has 9 nitrogen and oxygen atoms in total. The molecule has 1 saturated heterocycles. The fourth-order valence-corrected chi connectivity index (χ4v) is 2.98. The Balaban J connectivity index is 2.08. The summed E-state index contributed by atoms with van der Waals surface area (Å²) in [6, 6.07) is 1.82. The van der Waals surface area contributed by atoms with Crippen molar-refractivity contribution in [2.24, 2.45) is 14.1 Å². The summed E-state index contributed by atoms with van der Waals surface area (Å²) in [5.74, 6) is 0.0916. The van der Waals surface area contributed by atoms with Crippen molar-refractivity contribution in [2.75, 3.05) is 25.0 Å². The SMILES string of the molecule is C[C@@H]1CN(C(=O)CCNc2c(C#N)c(=O)n(C)c(=O)n2C)C[C@@H](C)O1. The Morgan fingerprint density at radius 1 is 1.24 bits per heavy atom. The number of aromatic nitrogens is 2. The van der Waals surface area contributed by atoms with Crippen LogP contribution in [0.1, 0.15) is 25.8 Å². The highest BCUT2D eigenvalue weighted by Gasteiger charge is 2.25. The Hall–Kier alpha value is -2.60. The van der Waals surface area contributed by atoms with E-state index in [0.29, 0.717) is 13.1 Å². The van der Waals surface area contributed by atoms with Crippen LogP contribution in [0.2, 0.25) is 0 Å². The average molecular weight is 349 g/mol. The lowest BCUT2D eigenvalue weighted by molar-refractivity contribution is -0.142. The molecular formula is C16H23N5O4. The van der Waals surface area contributed by atoms with E-state index in [2.05, 4.69) is 5.32 Å². The summed E-state index contributed by atoms with van der Waals surface area (Å²) in [4.78, 5) is 38.1. The fraction of sp³-hybridized carbons (Fsp3) is 0.625. The summed E-state index contributed by atoms with van der Waals surface area (Å²) in [6.07, 6.45) is 0.167. The molecule has 0 saturated carbocycles.